The normalized spacial score (nSPS) is 10.4. The van der Waals surface area contributed by atoms with Gasteiger partial charge in [0.25, 0.3) is 0 Å². The maximum atomic E-state index is 10.9. The zero-order valence-corrected chi connectivity index (χ0v) is 10.2. The number of carbonyl (C=O) groups excluding carboxylic acids is 1. The molecule has 0 aliphatic heterocycles. The molecule has 3 nitrogen and oxygen atoms in total. The topological polar surface area (TPSA) is 41.5 Å². The van der Waals surface area contributed by atoms with Crippen molar-refractivity contribution in [1.82, 2.24) is 5.43 Å². The third kappa shape index (κ3) is 4.79. The van der Waals surface area contributed by atoms with Gasteiger partial charge in [-0.3, -0.25) is 10.2 Å². The number of hydrogen-bond donors (Lipinski definition) is 1. The van der Waals surface area contributed by atoms with E-state index in [9.17, 15) is 4.79 Å². The minimum Gasteiger partial charge on any atom is -0.300 e. The van der Waals surface area contributed by atoms with Crippen molar-refractivity contribution in [2.75, 3.05) is 0 Å². The molecule has 1 aromatic rings. The van der Waals surface area contributed by atoms with Crippen LogP contribution in [0.15, 0.2) is 29.4 Å². The van der Waals surface area contributed by atoms with E-state index in [1.807, 2.05) is 24.3 Å². The number of nitrogens with one attached hydrogen (secondary N) is 1. The number of rotatable bonds is 4. The van der Waals surface area contributed by atoms with Crippen LogP contribution < -0.4 is 5.43 Å². The van der Waals surface area contributed by atoms with Gasteiger partial charge >= 0.3 is 0 Å². The Morgan fingerprint density at radius 2 is 2.00 bits per heavy atom. The van der Waals surface area contributed by atoms with Gasteiger partial charge in [-0.1, -0.05) is 36.5 Å². The fraction of sp³-hybridized carbons (Fsp3) is 0.250. The van der Waals surface area contributed by atoms with Crippen LogP contribution in [0.1, 0.15) is 25.0 Å². The van der Waals surface area contributed by atoms with E-state index in [0.29, 0.717) is 11.4 Å². The van der Waals surface area contributed by atoms with Crippen molar-refractivity contribution in [2.24, 2.45) is 5.10 Å². The summed E-state index contributed by atoms with van der Waals surface area (Å²) in [7, 11) is 0. The molecule has 4 heteroatoms. The Kier molecular flexibility index (Phi) is 4.79. The molecule has 0 aromatic heterocycles. The van der Waals surface area contributed by atoms with Gasteiger partial charge in [-0.25, -0.2) is 0 Å². The highest BCUT2D eigenvalue weighted by Gasteiger charge is 1.96. The molecule has 0 spiro atoms. The van der Waals surface area contributed by atoms with Crippen LogP contribution in [-0.2, 0) is 11.2 Å². The second kappa shape index (κ2) is 6.12. The molecule has 0 atom stereocenters. The van der Waals surface area contributed by atoms with Gasteiger partial charge in [-0.15, -0.1) is 0 Å². The molecular weight excluding hydrogens is 220 g/mol. The van der Waals surface area contributed by atoms with Crippen molar-refractivity contribution in [3.05, 3.63) is 35.4 Å². The van der Waals surface area contributed by atoms with E-state index in [2.05, 4.69) is 10.5 Å². The molecule has 0 bridgehead atoms. The van der Waals surface area contributed by atoms with Crippen molar-refractivity contribution in [3.63, 3.8) is 0 Å². The third-order valence-corrected chi connectivity index (χ3v) is 1.96. The average Bonchev–Trinajstić information content (AvgIpc) is 2.19. The molecule has 0 aliphatic rings. The van der Waals surface area contributed by atoms with Crippen molar-refractivity contribution >= 4 is 29.2 Å². The highest BCUT2D eigenvalue weighted by molar-refractivity contribution is 7.80. The number of carbonyl (C=O) groups is 1. The first-order valence-electron chi connectivity index (χ1n) is 4.96. The third-order valence-electron chi connectivity index (χ3n) is 1.87. The number of thiocarbonyl (C=S) groups is 1. The maximum absolute atomic E-state index is 10.9. The van der Waals surface area contributed by atoms with Crippen LogP contribution in [0.25, 0.3) is 0 Å². The van der Waals surface area contributed by atoms with E-state index in [-0.39, 0.29) is 5.78 Å². The Morgan fingerprint density at radius 1 is 1.38 bits per heavy atom. The van der Waals surface area contributed by atoms with Crippen LogP contribution in [0.3, 0.4) is 0 Å². The monoisotopic (exact) mass is 234 g/mol. The molecule has 84 valence electrons. The molecule has 16 heavy (non-hydrogen) atoms. The van der Waals surface area contributed by atoms with Gasteiger partial charge < -0.3 is 0 Å². The lowest BCUT2D eigenvalue weighted by Gasteiger charge is -1.98. The zero-order chi connectivity index (χ0) is 12.0. The Hall–Kier alpha value is -1.55. The summed E-state index contributed by atoms with van der Waals surface area (Å²) in [4.78, 5) is 11.5. The van der Waals surface area contributed by atoms with E-state index in [4.69, 9.17) is 12.2 Å². The van der Waals surface area contributed by atoms with Crippen molar-refractivity contribution in [1.29, 1.82) is 0 Å². The fourth-order valence-corrected chi connectivity index (χ4v) is 1.26. The molecule has 0 saturated carbocycles. The van der Waals surface area contributed by atoms with Crippen LogP contribution >= 0.6 is 12.2 Å². The number of ketones is 1. The minimum absolute atomic E-state index is 0.166. The predicted molar refractivity (Wildman–Crippen MR) is 69.8 cm³/mol. The highest BCUT2D eigenvalue weighted by Crippen LogP contribution is 2.03. The molecule has 0 heterocycles. The van der Waals surface area contributed by atoms with E-state index in [0.717, 1.165) is 11.1 Å². The van der Waals surface area contributed by atoms with Crippen molar-refractivity contribution in [3.8, 4) is 0 Å². The number of nitrogens with zero attached hydrogens (tertiary/aromatic N) is 1. The molecule has 0 unspecified atom stereocenters. The first-order valence-corrected chi connectivity index (χ1v) is 5.37. The Balaban J connectivity index is 2.60. The SMILES string of the molecule is CC(=O)Cc1ccc(/C=N\NC(C)=S)cc1. The zero-order valence-electron chi connectivity index (χ0n) is 9.36. The summed E-state index contributed by atoms with van der Waals surface area (Å²) < 4.78 is 0. The van der Waals surface area contributed by atoms with Crippen LogP contribution in [0.2, 0.25) is 0 Å². The van der Waals surface area contributed by atoms with Gasteiger partial charge in [0.1, 0.15) is 5.78 Å². The van der Waals surface area contributed by atoms with E-state index in [1.165, 1.54) is 0 Å². The van der Waals surface area contributed by atoms with Crippen LogP contribution in [0.4, 0.5) is 0 Å². The lowest BCUT2D eigenvalue weighted by molar-refractivity contribution is -0.116. The smallest absolute Gasteiger partial charge is 0.134 e. The lowest BCUT2D eigenvalue weighted by atomic mass is 10.1. The molecule has 1 rings (SSSR count). The van der Waals surface area contributed by atoms with Gasteiger partial charge in [0.2, 0.25) is 0 Å². The van der Waals surface area contributed by atoms with Gasteiger partial charge in [-0.05, 0) is 25.0 Å². The summed E-state index contributed by atoms with van der Waals surface area (Å²) in [6.07, 6.45) is 2.17. The molecule has 1 N–H and O–H groups in total. The first kappa shape index (κ1) is 12.5. The second-order valence-corrected chi connectivity index (χ2v) is 4.16. The van der Waals surface area contributed by atoms with E-state index < -0.39 is 0 Å². The van der Waals surface area contributed by atoms with Crippen LogP contribution in [-0.4, -0.2) is 17.0 Å². The highest BCUT2D eigenvalue weighted by atomic mass is 32.1. The Labute approximate surface area is 101 Å². The molecule has 0 saturated heterocycles. The van der Waals surface area contributed by atoms with Gasteiger partial charge in [0, 0.05) is 6.42 Å². The second-order valence-electron chi connectivity index (χ2n) is 3.55. The summed E-state index contributed by atoms with van der Waals surface area (Å²) in [6, 6.07) is 7.68. The van der Waals surface area contributed by atoms with Gasteiger partial charge in [0.05, 0.1) is 11.2 Å². The van der Waals surface area contributed by atoms with Crippen molar-refractivity contribution in [2.45, 2.75) is 20.3 Å². The van der Waals surface area contributed by atoms with Crippen LogP contribution in [0.5, 0.6) is 0 Å². The largest absolute Gasteiger partial charge is 0.300 e. The summed E-state index contributed by atoms with van der Waals surface area (Å²) in [5.41, 5.74) is 4.67. The van der Waals surface area contributed by atoms with Gasteiger partial charge in [-0.2, -0.15) is 5.10 Å². The number of Topliss-reactive ketones (excluding diaryl/α,β-unsaturated/α-hetero) is 1. The molecule has 0 aliphatic carbocycles. The van der Waals surface area contributed by atoms with E-state index in [1.54, 1.807) is 20.1 Å². The van der Waals surface area contributed by atoms with Gasteiger partial charge in [0.15, 0.2) is 0 Å². The van der Waals surface area contributed by atoms with Crippen molar-refractivity contribution < 1.29 is 4.79 Å². The summed E-state index contributed by atoms with van der Waals surface area (Å²) >= 11 is 4.82. The fourth-order valence-electron chi connectivity index (χ4n) is 1.21. The molecule has 0 amide bonds. The molecular formula is C12H14N2OS. The number of hydrogen-bond acceptors (Lipinski definition) is 3. The average molecular weight is 234 g/mol. The maximum Gasteiger partial charge on any atom is 0.134 e. The predicted octanol–water partition coefficient (Wildman–Crippen LogP) is 2.09. The minimum atomic E-state index is 0.166. The molecule has 1 aromatic carbocycles. The number of benzene rings is 1. The Morgan fingerprint density at radius 3 is 2.50 bits per heavy atom. The standard InChI is InChI=1S/C12H14N2OS/c1-9(15)7-11-3-5-12(6-4-11)8-13-14-10(2)16/h3-6,8H,7H2,1-2H3,(H,14,16)/b13-8-. The quantitative estimate of drug-likeness (QED) is 0.493. The lowest BCUT2D eigenvalue weighted by Crippen LogP contribution is -2.09. The summed E-state index contributed by atoms with van der Waals surface area (Å²) in [5.74, 6) is 0.166. The van der Waals surface area contributed by atoms with E-state index >= 15 is 0 Å². The van der Waals surface area contributed by atoms with Crippen LogP contribution in [0, 0.1) is 0 Å². The first-order chi connectivity index (χ1) is 7.58. The molecule has 0 fully saturated rings. The summed E-state index contributed by atoms with van der Waals surface area (Å²) in [6.45, 7) is 3.35. The number of hydrazone groups is 1. The summed E-state index contributed by atoms with van der Waals surface area (Å²) in [5, 5.41) is 3.95. The Bertz CT molecular complexity index is 410. The molecule has 0 radical (unpaired) electrons.